The zero-order chi connectivity index (χ0) is 15.4. The molecule has 0 unspecified atom stereocenters. The minimum atomic E-state index is -0.503. The van der Waals surface area contributed by atoms with Gasteiger partial charge in [0.1, 0.15) is 0 Å². The molecule has 2 atom stereocenters. The molecule has 0 spiro atoms. The van der Waals surface area contributed by atoms with Crippen molar-refractivity contribution in [2.75, 3.05) is 11.9 Å². The van der Waals surface area contributed by atoms with E-state index in [4.69, 9.17) is 0 Å². The first kappa shape index (κ1) is 15.2. The number of hydrogen-bond donors (Lipinski definition) is 3. The Morgan fingerprint density at radius 2 is 2.24 bits per heavy atom. The Hall–Kier alpha value is -2.15. The third-order valence-corrected chi connectivity index (χ3v) is 3.82. The number of anilines is 1. The molecule has 0 heterocycles. The highest BCUT2D eigenvalue weighted by atomic mass is 16.6. The number of nitro groups is 1. The average molecular weight is 293 g/mol. The number of non-ortho nitro benzene ring substituents is 1. The van der Waals surface area contributed by atoms with Crippen molar-refractivity contribution in [1.29, 1.82) is 0 Å². The van der Waals surface area contributed by atoms with Crippen molar-refractivity contribution in [3.8, 4) is 0 Å². The molecule has 114 valence electrons. The van der Waals surface area contributed by atoms with Crippen molar-refractivity contribution in [3.63, 3.8) is 0 Å². The highest BCUT2D eigenvalue weighted by Crippen LogP contribution is 2.25. The van der Waals surface area contributed by atoms with E-state index in [-0.39, 0.29) is 17.7 Å². The molecular weight excluding hydrogens is 274 g/mol. The molecule has 7 heteroatoms. The van der Waals surface area contributed by atoms with Crippen LogP contribution in [0.1, 0.15) is 24.8 Å². The van der Waals surface area contributed by atoms with Crippen LogP contribution in [0.25, 0.3) is 0 Å². The van der Waals surface area contributed by atoms with Gasteiger partial charge in [-0.15, -0.1) is 0 Å². The molecule has 0 bridgehead atoms. The number of nitro benzene ring substituents is 1. The number of carbonyl (C=O) groups excluding carboxylic acids is 1. The van der Waals surface area contributed by atoms with Crippen molar-refractivity contribution in [3.05, 3.63) is 33.9 Å². The Kier molecular flexibility index (Phi) is 4.74. The fraction of sp³-hybridized carbons (Fsp3) is 0.500. The third-order valence-electron chi connectivity index (χ3n) is 3.82. The summed E-state index contributed by atoms with van der Waals surface area (Å²) in [5.41, 5.74) is 1.09. The quantitative estimate of drug-likeness (QED) is 0.584. The van der Waals surface area contributed by atoms with Gasteiger partial charge in [0.05, 0.1) is 16.7 Å². The normalized spacial score (nSPS) is 21.0. The average Bonchev–Trinajstić information content (AvgIpc) is 2.84. The second-order valence-electron chi connectivity index (χ2n) is 5.35. The summed E-state index contributed by atoms with van der Waals surface area (Å²) in [6, 6.07) is 3.90. The van der Waals surface area contributed by atoms with Crippen LogP contribution in [0.3, 0.4) is 0 Å². The molecule has 1 saturated carbocycles. The first-order valence-corrected chi connectivity index (χ1v) is 6.95. The number of rotatable bonds is 4. The molecule has 1 aromatic carbocycles. The van der Waals surface area contributed by atoms with Gasteiger partial charge in [-0.1, -0.05) is 12.5 Å². The number of carbonyl (C=O) groups is 1. The maximum atomic E-state index is 11.8. The van der Waals surface area contributed by atoms with Gasteiger partial charge < -0.3 is 15.7 Å². The summed E-state index contributed by atoms with van der Waals surface area (Å²) in [6.45, 7) is 2.17. The van der Waals surface area contributed by atoms with E-state index in [1.54, 1.807) is 13.0 Å². The summed E-state index contributed by atoms with van der Waals surface area (Å²) in [5, 5.41) is 25.7. The van der Waals surface area contributed by atoms with E-state index in [1.165, 1.54) is 12.1 Å². The van der Waals surface area contributed by atoms with Gasteiger partial charge in [-0.2, -0.15) is 0 Å². The number of nitrogens with zero attached hydrogens (tertiary/aromatic N) is 1. The van der Waals surface area contributed by atoms with Gasteiger partial charge in [0.25, 0.3) is 5.69 Å². The fourth-order valence-electron chi connectivity index (χ4n) is 2.50. The van der Waals surface area contributed by atoms with E-state index in [0.717, 1.165) is 24.8 Å². The van der Waals surface area contributed by atoms with Crippen molar-refractivity contribution >= 4 is 17.4 Å². The van der Waals surface area contributed by atoms with Crippen LogP contribution in [-0.4, -0.2) is 28.7 Å². The molecule has 3 N–H and O–H groups in total. The number of aliphatic hydroxyl groups is 1. The molecule has 0 radical (unpaired) electrons. The molecule has 1 fully saturated rings. The number of benzene rings is 1. The molecule has 1 aromatic rings. The van der Waals surface area contributed by atoms with Crippen LogP contribution < -0.4 is 10.6 Å². The van der Waals surface area contributed by atoms with E-state index in [1.807, 2.05) is 0 Å². The Morgan fingerprint density at radius 1 is 1.48 bits per heavy atom. The number of hydrogen-bond acceptors (Lipinski definition) is 4. The standard InChI is InChI=1S/C14H19N3O4/c1-9-5-6-11(17(20)21)7-12(9)16-14(19)15-8-10-3-2-4-13(10)18/h5-7,10,13,18H,2-4,8H2,1H3,(H2,15,16,19)/t10-,13-/m0/s1. The SMILES string of the molecule is Cc1ccc([N+](=O)[O-])cc1NC(=O)NC[C@@H]1CCC[C@@H]1O. The monoisotopic (exact) mass is 293 g/mol. The van der Waals surface area contributed by atoms with Crippen LogP contribution in [-0.2, 0) is 0 Å². The predicted molar refractivity (Wildman–Crippen MR) is 78.2 cm³/mol. The molecule has 1 aliphatic carbocycles. The van der Waals surface area contributed by atoms with Crippen LogP contribution in [0, 0.1) is 23.0 Å². The van der Waals surface area contributed by atoms with Gasteiger partial charge in [0, 0.05) is 24.6 Å². The Morgan fingerprint density at radius 3 is 2.86 bits per heavy atom. The number of aliphatic hydroxyl groups excluding tert-OH is 1. The maximum absolute atomic E-state index is 11.8. The summed E-state index contributed by atoms with van der Waals surface area (Å²) in [7, 11) is 0. The first-order chi connectivity index (χ1) is 9.97. The second kappa shape index (κ2) is 6.53. The molecule has 0 aliphatic heterocycles. The lowest BCUT2D eigenvalue weighted by molar-refractivity contribution is -0.384. The van der Waals surface area contributed by atoms with Crippen molar-refractivity contribution in [2.24, 2.45) is 5.92 Å². The smallest absolute Gasteiger partial charge is 0.319 e. The van der Waals surface area contributed by atoms with Crippen LogP contribution >= 0.6 is 0 Å². The van der Waals surface area contributed by atoms with Crippen LogP contribution in [0.15, 0.2) is 18.2 Å². The minimum absolute atomic E-state index is 0.0675. The lowest BCUT2D eigenvalue weighted by Gasteiger charge is -2.16. The van der Waals surface area contributed by atoms with Gasteiger partial charge >= 0.3 is 6.03 Å². The Labute approximate surface area is 122 Å². The van der Waals surface area contributed by atoms with Crippen LogP contribution in [0.5, 0.6) is 0 Å². The zero-order valence-electron chi connectivity index (χ0n) is 11.8. The molecule has 0 saturated heterocycles. The summed E-state index contributed by atoms with van der Waals surface area (Å²) in [4.78, 5) is 22.1. The highest BCUT2D eigenvalue weighted by Gasteiger charge is 2.25. The zero-order valence-corrected chi connectivity index (χ0v) is 11.8. The largest absolute Gasteiger partial charge is 0.393 e. The van der Waals surface area contributed by atoms with Gasteiger partial charge in [0.15, 0.2) is 0 Å². The fourth-order valence-corrected chi connectivity index (χ4v) is 2.50. The lowest BCUT2D eigenvalue weighted by Crippen LogP contribution is -2.35. The minimum Gasteiger partial charge on any atom is -0.393 e. The van der Waals surface area contributed by atoms with E-state index in [0.29, 0.717) is 12.2 Å². The van der Waals surface area contributed by atoms with Crippen molar-refractivity contribution in [1.82, 2.24) is 5.32 Å². The molecule has 2 rings (SSSR count). The van der Waals surface area contributed by atoms with E-state index >= 15 is 0 Å². The maximum Gasteiger partial charge on any atom is 0.319 e. The molecule has 2 amide bonds. The van der Waals surface area contributed by atoms with Gasteiger partial charge in [-0.25, -0.2) is 4.79 Å². The number of urea groups is 1. The topological polar surface area (TPSA) is 105 Å². The van der Waals surface area contributed by atoms with Gasteiger partial charge in [-0.3, -0.25) is 10.1 Å². The molecular formula is C14H19N3O4. The molecule has 7 nitrogen and oxygen atoms in total. The van der Waals surface area contributed by atoms with Crippen LogP contribution in [0.4, 0.5) is 16.2 Å². The Balaban J connectivity index is 1.93. The first-order valence-electron chi connectivity index (χ1n) is 6.95. The molecule has 0 aromatic heterocycles. The van der Waals surface area contributed by atoms with Gasteiger partial charge in [-0.05, 0) is 25.3 Å². The number of amides is 2. The third kappa shape index (κ3) is 3.91. The van der Waals surface area contributed by atoms with Crippen molar-refractivity contribution < 1.29 is 14.8 Å². The number of nitrogens with one attached hydrogen (secondary N) is 2. The van der Waals surface area contributed by atoms with E-state index in [9.17, 15) is 20.0 Å². The highest BCUT2D eigenvalue weighted by molar-refractivity contribution is 5.90. The van der Waals surface area contributed by atoms with E-state index < -0.39 is 11.0 Å². The van der Waals surface area contributed by atoms with Crippen LogP contribution in [0.2, 0.25) is 0 Å². The van der Waals surface area contributed by atoms with Crippen molar-refractivity contribution in [2.45, 2.75) is 32.3 Å². The van der Waals surface area contributed by atoms with E-state index in [2.05, 4.69) is 10.6 Å². The number of aryl methyl sites for hydroxylation is 1. The second-order valence-corrected chi connectivity index (χ2v) is 5.35. The summed E-state index contributed by atoms with van der Waals surface area (Å²) in [5.74, 6) is 0.0851. The van der Waals surface area contributed by atoms with Gasteiger partial charge in [0.2, 0.25) is 0 Å². The Bertz CT molecular complexity index is 547. The molecule has 21 heavy (non-hydrogen) atoms. The summed E-state index contributed by atoms with van der Waals surface area (Å²) in [6.07, 6.45) is 2.29. The summed E-state index contributed by atoms with van der Waals surface area (Å²) < 4.78 is 0. The predicted octanol–water partition coefficient (Wildman–Crippen LogP) is 2.19. The molecule has 1 aliphatic rings. The lowest BCUT2D eigenvalue weighted by atomic mass is 10.1. The summed E-state index contributed by atoms with van der Waals surface area (Å²) >= 11 is 0.